The second-order valence-electron chi connectivity index (χ2n) is 5.09. The number of hydrogen-bond acceptors (Lipinski definition) is 3. The number of rotatable bonds is 2. The zero-order valence-corrected chi connectivity index (χ0v) is 11.6. The van der Waals surface area contributed by atoms with E-state index >= 15 is 0 Å². The Morgan fingerprint density at radius 1 is 0.429 bits per heavy atom. The Morgan fingerprint density at radius 2 is 0.857 bits per heavy atom. The van der Waals surface area contributed by atoms with E-state index < -0.39 is 0 Å². The summed E-state index contributed by atoms with van der Waals surface area (Å²) in [6, 6.07) is 21.5. The lowest BCUT2D eigenvalue weighted by Gasteiger charge is -2.09. The van der Waals surface area contributed by atoms with Gasteiger partial charge in [0.1, 0.15) is 0 Å². The summed E-state index contributed by atoms with van der Waals surface area (Å²) in [4.78, 5) is 0. The standard InChI is InChI=1S/C18H17N3/c19-16-5-1-3-12(8-16)14-7-15(11-18(21)10-14)13-4-2-6-17(20)9-13/h1-11H,19-21H2. The summed E-state index contributed by atoms with van der Waals surface area (Å²) in [6.07, 6.45) is 0. The molecule has 0 amide bonds. The highest BCUT2D eigenvalue weighted by Crippen LogP contribution is 2.30. The first-order valence-electron chi connectivity index (χ1n) is 6.74. The van der Waals surface area contributed by atoms with E-state index in [0.717, 1.165) is 33.6 Å². The maximum atomic E-state index is 6.05. The van der Waals surface area contributed by atoms with E-state index in [4.69, 9.17) is 17.2 Å². The Hall–Kier alpha value is -2.94. The van der Waals surface area contributed by atoms with Gasteiger partial charge in [-0.25, -0.2) is 0 Å². The van der Waals surface area contributed by atoms with Crippen molar-refractivity contribution in [2.45, 2.75) is 0 Å². The van der Waals surface area contributed by atoms with Gasteiger partial charge in [0.25, 0.3) is 0 Å². The summed E-state index contributed by atoms with van der Waals surface area (Å²) < 4.78 is 0. The molecule has 0 atom stereocenters. The van der Waals surface area contributed by atoms with Crippen molar-refractivity contribution in [3.05, 3.63) is 66.7 Å². The third-order valence-electron chi connectivity index (χ3n) is 3.40. The highest BCUT2D eigenvalue weighted by molar-refractivity contribution is 5.79. The minimum absolute atomic E-state index is 0.715. The third-order valence-corrected chi connectivity index (χ3v) is 3.40. The maximum absolute atomic E-state index is 6.05. The van der Waals surface area contributed by atoms with Crippen LogP contribution in [0.25, 0.3) is 22.3 Å². The maximum Gasteiger partial charge on any atom is 0.0326 e. The van der Waals surface area contributed by atoms with Gasteiger partial charge in [0.05, 0.1) is 0 Å². The van der Waals surface area contributed by atoms with Crippen LogP contribution in [0.3, 0.4) is 0 Å². The van der Waals surface area contributed by atoms with Gasteiger partial charge in [-0.1, -0.05) is 24.3 Å². The molecule has 0 bridgehead atoms. The van der Waals surface area contributed by atoms with E-state index in [0.29, 0.717) is 5.69 Å². The second kappa shape index (κ2) is 5.21. The molecule has 0 saturated carbocycles. The summed E-state index contributed by atoms with van der Waals surface area (Å²) in [5.74, 6) is 0. The Kier molecular flexibility index (Phi) is 3.24. The minimum Gasteiger partial charge on any atom is -0.399 e. The quantitative estimate of drug-likeness (QED) is 0.623. The van der Waals surface area contributed by atoms with Crippen LogP contribution in [-0.2, 0) is 0 Å². The molecule has 0 aromatic heterocycles. The van der Waals surface area contributed by atoms with Crippen molar-refractivity contribution in [3.8, 4) is 22.3 Å². The van der Waals surface area contributed by atoms with Crippen LogP contribution >= 0.6 is 0 Å². The number of nitrogen functional groups attached to an aromatic ring is 3. The van der Waals surface area contributed by atoms with Gasteiger partial charge in [-0.2, -0.15) is 0 Å². The Labute approximate surface area is 124 Å². The van der Waals surface area contributed by atoms with Crippen molar-refractivity contribution in [3.63, 3.8) is 0 Å². The van der Waals surface area contributed by atoms with Crippen molar-refractivity contribution in [2.24, 2.45) is 0 Å². The van der Waals surface area contributed by atoms with Crippen LogP contribution < -0.4 is 17.2 Å². The molecule has 0 aliphatic heterocycles. The van der Waals surface area contributed by atoms with E-state index in [1.165, 1.54) is 0 Å². The first kappa shape index (κ1) is 13.1. The molecule has 3 heteroatoms. The molecule has 0 aliphatic carbocycles. The fraction of sp³-hybridized carbons (Fsp3) is 0. The van der Waals surface area contributed by atoms with Crippen molar-refractivity contribution < 1.29 is 0 Å². The highest BCUT2D eigenvalue weighted by atomic mass is 14.6. The molecule has 0 fully saturated rings. The summed E-state index contributed by atoms with van der Waals surface area (Å²) in [7, 11) is 0. The molecule has 3 aromatic rings. The Morgan fingerprint density at radius 3 is 1.29 bits per heavy atom. The molecule has 0 unspecified atom stereocenters. The molecule has 0 spiro atoms. The number of anilines is 3. The minimum atomic E-state index is 0.715. The Bertz CT molecular complexity index is 730. The fourth-order valence-electron chi connectivity index (χ4n) is 2.42. The largest absolute Gasteiger partial charge is 0.399 e. The van der Waals surface area contributed by atoms with Gasteiger partial charge in [-0.05, 0) is 64.7 Å². The van der Waals surface area contributed by atoms with Gasteiger partial charge in [0.15, 0.2) is 0 Å². The average molecular weight is 275 g/mol. The molecular weight excluding hydrogens is 258 g/mol. The molecule has 21 heavy (non-hydrogen) atoms. The Balaban J connectivity index is 2.12. The van der Waals surface area contributed by atoms with Crippen LogP contribution in [0.1, 0.15) is 0 Å². The molecule has 0 saturated heterocycles. The lowest BCUT2D eigenvalue weighted by molar-refractivity contribution is 1.58. The van der Waals surface area contributed by atoms with Gasteiger partial charge in [-0.15, -0.1) is 0 Å². The van der Waals surface area contributed by atoms with Crippen molar-refractivity contribution in [1.82, 2.24) is 0 Å². The van der Waals surface area contributed by atoms with E-state index in [-0.39, 0.29) is 0 Å². The molecule has 6 N–H and O–H groups in total. The molecule has 3 rings (SSSR count). The van der Waals surface area contributed by atoms with Crippen LogP contribution in [0.2, 0.25) is 0 Å². The topological polar surface area (TPSA) is 78.1 Å². The molecule has 3 aromatic carbocycles. The van der Waals surface area contributed by atoms with Gasteiger partial charge in [-0.3, -0.25) is 0 Å². The lowest BCUT2D eigenvalue weighted by Crippen LogP contribution is -1.91. The molecular formula is C18H17N3. The summed E-state index contributed by atoms with van der Waals surface area (Å²) in [5.41, 5.74) is 24.1. The highest BCUT2D eigenvalue weighted by Gasteiger charge is 2.05. The van der Waals surface area contributed by atoms with E-state index in [1.807, 2.05) is 60.7 Å². The zero-order chi connectivity index (χ0) is 14.8. The monoisotopic (exact) mass is 275 g/mol. The number of nitrogens with two attached hydrogens (primary N) is 3. The predicted molar refractivity (Wildman–Crippen MR) is 90.6 cm³/mol. The zero-order valence-electron chi connectivity index (χ0n) is 11.6. The lowest BCUT2D eigenvalue weighted by atomic mass is 9.97. The normalized spacial score (nSPS) is 10.5. The smallest absolute Gasteiger partial charge is 0.0326 e. The molecule has 0 heterocycles. The number of benzene rings is 3. The number of hydrogen-bond donors (Lipinski definition) is 3. The summed E-state index contributed by atoms with van der Waals surface area (Å²) >= 11 is 0. The van der Waals surface area contributed by atoms with Gasteiger partial charge in [0.2, 0.25) is 0 Å². The van der Waals surface area contributed by atoms with Gasteiger partial charge >= 0.3 is 0 Å². The molecule has 0 aliphatic rings. The van der Waals surface area contributed by atoms with Crippen LogP contribution in [0.4, 0.5) is 17.1 Å². The van der Waals surface area contributed by atoms with E-state index in [9.17, 15) is 0 Å². The fourth-order valence-corrected chi connectivity index (χ4v) is 2.42. The average Bonchev–Trinajstić information content (AvgIpc) is 2.46. The van der Waals surface area contributed by atoms with Crippen molar-refractivity contribution >= 4 is 17.1 Å². The van der Waals surface area contributed by atoms with E-state index in [2.05, 4.69) is 6.07 Å². The van der Waals surface area contributed by atoms with Crippen LogP contribution in [0.5, 0.6) is 0 Å². The SMILES string of the molecule is Nc1cccc(-c2cc(N)cc(-c3cccc(N)c3)c2)c1. The second-order valence-corrected chi connectivity index (χ2v) is 5.09. The van der Waals surface area contributed by atoms with Gasteiger partial charge < -0.3 is 17.2 Å². The molecule has 3 nitrogen and oxygen atoms in total. The van der Waals surface area contributed by atoms with Crippen LogP contribution in [0.15, 0.2) is 66.7 Å². The summed E-state index contributed by atoms with van der Waals surface area (Å²) in [6.45, 7) is 0. The van der Waals surface area contributed by atoms with E-state index in [1.54, 1.807) is 0 Å². The van der Waals surface area contributed by atoms with Gasteiger partial charge in [0, 0.05) is 17.1 Å². The summed E-state index contributed by atoms with van der Waals surface area (Å²) in [5, 5.41) is 0. The van der Waals surface area contributed by atoms with Crippen molar-refractivity contribution in [1.29, 1.82) is 0 Å². The van der Waals surface area contributed by atoms with Crippen molar-refractivity contribution in [2.75, 3.05) is 17.2 Å². The third kappa shape index (κ3) is 2.82. The molecule has 104 valence electrons. The molecule has 0 radical (unpaired) electrons. The first-order valence-corrected chi connectivity index (χ1v) is 6.74. The first-order chi connectivity index (χ1) is 10.1. The van der Waals surface area contributed by atoms with Crippen LogP contribution in [-0.4, -0.2) is 0 Å². The predicted octanol–water partition coefficient (Wildman–Crippen LogP) is 3.77. The van der Waals surface area contributed by atoms with Crippen LogP contribution in [0, 0.1) is 0 Å².